The summed E-state index contributed by atoms with van der Waals surface area (Å²) in [6.45, 7) is 1.54. The molecule has 0 aromatic heterocycles. The number of rotatable bonds is 2. The number of carboxylic acid groups (broad SMARTS) is 1. The van der Waals surface area contributed by atoms with E-state index < -0.39 is 11.9 Å². The van der Waals surface area contributed by atoms with Gasteiger partial charge >= 0.3 is 11.9 Å². The average Bonchev–Trinajstić information content (AvgIpc) is 2.28. The van der Waals surface area contributed by atoms with Crippen molar-refractivity contribution in [2.75, 3.05) is 7.11 Å². The molecular weight excluding hydrogens is 208 g/mol. The van der Waals surface area contributed by atoms with Crippen molar-refractivity contribution in [3.63, 3.8) is 0 Å². The Labute approximate surface area is 92.9 Å². The molecule has 0 heterocycles. The van der Waals surface area contributed by atoms with Crippen LogP contribution in [0.15, 0.2) is 12.1 Å². The van der Waals surface area contributed by atoms with Gasteiger partial charge in [-0.15, -0.1) is 6.42 Å². The van der Waals surface area contributed by atoms with Gasteiger partial charge in [-0.25, -0.2) is 9.59 Å². The molecule has 0 aliphatic carbocycles. The summed E-state index contributed by atoms with van der Waals surface area (Å²) in [4.78, 5) is 22.3. The lowest BCUT2D eigenvalue weighted by Crippen LogP contribution is -2.09. The van der Waals surface area contributed by atoms with Crippen LogP contribution in [0.4, 0.5) is 0 Å². The van der Waals surface area contributed by atoms with Crippen molar-refractivity contribution in [2.45, 2.75) is 6.92 Å². The van der Waals surface area contributed by atoms with E-state index in [4.69, 9.17) is 11.5 Å². The molecule has 0 aliphatic heterocycles. The van der Waals surface area contributed by atoms with Gasteiger partial charge in [0.1, 0.15) is 0 Å². The fourth-order valence-corrected chi connectivity index (χ4v) is 1.34. The molecule has 0 bridgehead atoms. The van der Waals surface area contributed by atoms with Crippen LogP contribution in [-0.4, -0.2) is 24.2 Å². The molecule has 16 heavy (non-hydrogen) atoms. The molecule has 0 aliphatic rings. The Morgan fingerprint density at radius 2 is 1.94 bits per heavy atom. The number of aromatic carboxylic acids is 1. The third-order valence-corrected chi connectivity index (χ3v) is 2.21. The van der Waals surface area contributed by atoms with Gasteiger partial charge in [-0.1, -0.05) is 5.92 Å². The minimum atomic E-state index is -1.13. The Balaban J connectivity index is 3.50. The van der Waals surface area contributed by atoms with Crippen molar-refractivity contribution in [3.05, 3.63) is 34.4 Å². The molecule has 4 heteroatoms. The van der Waals surface area contributed by atoms with Gasteiger partial charge in [0.25, 0.3) is 0 Å². The molecule has 0 saturated carbocycles. The summed E-state index contributed by atoms with van der Waals surface area (Å²) >= 11 is 0. The Hall–Kier alpha value is -2.28. The maximum atomic E-state index is 11.4. The monoisotopic (exact) mass is 218 g/mol. The van der Waals surface area contributed by atoms with Crippen LogP contribution < -0.4 is 0 Å². The number of carboxylic acids is 1. The molecule has 0 saturated heterocycles. The summed E-state index contributed by atoms with van der Waals surface area (Å²) in [6.07, 6.45) is 5.18. The standard InChI is InChI=1S/C12H10O4/c1-4-8-5-9(11(13)14)7(2)10(6-8)12(15)16-3/h1,5-6H,2-3H3,(H,13,14). The van der Waals surface area contributed by atoms with Crippen LogP contribution in [0.5, 0.6) is 0 Å². The smallest absolute Gasteiger partial charge is 0.338 e. The topological polar surface area (TPSA) is 63.6 Å². The van der Waals surface area contributed by atoms with E-state index in [1.54, 1.807) is 0 Å². The SMILES string of the molecule is C#Cc1cc(C(=O)O)c(C)c(C(=O)OC)c1. The molecule has 0 radical (unpaired) electrons. The van der Waals surface area contributed by atoms with E-state index in [-0.39, 0.29) is 11.1 Å². The second-order valence-corrected chi connectivity index (χ2v) is 3.14. The lowest BCUT2D eigenvalue weighted by atomic mass is 9.99. The molecule has 0 amide bonds. The highest BCUT2D eigenvalue weighted by Crippen LogP contribution is 2.17. The molecule has 1 aromatic rings. The summed E-state index contributed by atoms with van der Waals surface area (Å²) in [5.41, 5.74) is 0.868. The second-order valence-electron chi connectivity index (χ2n) is 3.14. The number of hydrogen-bond donors (Lipinski definition) is 1. The summed E-state index contributed by atoms with van der Waals surface area (Å²) in [7, 11) is 1.23. The van der Waals surface area contributed by atoms with Gasteiger partial charge < -0.3 is 9.84 Å². The fourth-order valence-electron chi connectivity index (χ4n) is 1.34. The first-order chi connectivity index (χ1) is 7.51. The predicted molar refractivity (Wildman–Crippen MR) is 57.4 cm³/mol. The van der Waals surface area contributed by atoms with Gasteiger partial charge in [0, 0.05) is 5.56 Å². The lowest BCUT2D eigenvalue weighted by Gasteiger charge is -2.08. The number of hydrogen-bond acceptors (Lipinski definition) is 3. The van der Waals surface area contributed by atoms with Gasteiger partial charge in [-0.3, -0.25) is 0 Å². The van der Waals surface area contributed by atoms with E-state index in [1.165, 1.54) is 26.2 Å². The Morgan fingerprint density at radius 3 is 2.38 bits per heavy atom. The zero-order valence-electron chi connectivity index (χ0n) is 8.90. The first-order valence-electron chi connectivity index (χ1n) is 4.44. The lowest BCUT2D eigenvalue weighted by molar-refractivity contribution is 0.0600. The first-order valence-corrected chi connectivity index (χ1v) is 4.44. The summed E-state index contributed by atoms with van der Waals surface area (Å²) in [5.74, 6) is 0.573. The number of carbonyl (C=O) groups is 2. The molecule has 1 aromatic carbocycles. The van der Waals surface area contributed by atoms with Gasteiger partial charge in [-0.05, 0) is 24.6 Å². The van der Waals surface area contributed by atoms with Crippen molar-refractivity contribution >= 4 is 11.9 Å². The van der Waals surface area contributed by atoms with Gasteiger partial charge in [0.2, 0.25) is 0 Å². The number of benzene rings is 1. The first kappa shape index (κ1) is 11.8. The molecule has 0 unspecified atom stereocenters. The molecule has 82 valence electrons. The van der Waals surface area contributed by atoms with Crippen LogP contribution in [0.25, 0.3) is 0 Å². The fraction of sp³-hybridized carbons (Fsp3) is 0.167. The number of methoxy groups -OCH3 is 1. The molecule has 0 atom stereocenters. The normalized spacial score (nSPS) is 9.31. The molecule has 4 nitrogen and oxygen atoms in total. The van der Waals surface area contributed by atoms with E-state index in [9.17, 15) is 9.59 Å². The van der Waals surface area contributed by atoms with Crippen molar-refractivity contribution in [1.82, 2.24) is 0 Å². The number of esters is 1. The summed E-state index contributed by atoms with van der Waals surface area (Å²) in [5, 5.41) is 8.94. The molecule has 0 fully saturated rings. The van der Waals surface area contributed by atoms with Gasteiger partial charge in [0.05, 0.1) is 18.2 Å². The maximum absolute atomic E-state index is 11.4. The Bertz CT molecular complexity index is 494. The van der Waals surface area contributed by atoms with Crippen molar-refractivity contribution in [2.24, 2.45) is 0 Å². The van der Waals surface area contributed by atoms with Crippen LogP contribution in [0.3, 0.4) is 0 Å². The van der Waals surface area contributed by atoms with E-state index in [2.05, 4.69) is 10.7 Å². The predicted octanol–water partition coefficient (Wildman–Crippen LogP) is 1.46. The highest BCUT2D eigenvalue weighted by atomic mass is 16.5. The molecular formula is C12H10O4. The van der Waals surface area contributed by atoms with Crippen LogP contribution in [-0.2, 0) is 4.74 Å². The number of terminal acetylenes is 1. The third-order valence-electron chi connectivity index (χ3n) is 2.21. The highest BCUT2D eigenvalue weighted by molar-refractivity contribution is 5.97. The van der Waals surface area contributed by atoms with E-state index >= 15 is 0 Å². The number of carbonyl (C=O) groups excluding carboxylic acids is 1. The van der Waals surface area contributed by atoms with Crippen LogP contribution >= 0.6 is 0 Å². The Kier molecular flexibility index (Phi) is 3.31. The zero-order valence-corrected chi connectivity index (χ0v) is 8.90. The van der Waals surface area contributed by atoms with E-state index in [0.717, 1.165) is 0 Å². The largest absolute Gasteiger partial charge is 0.478 e. The second kappa shape index (κ2) is 4.49. The van der Waals surface area contributed by atoms with Crippen molar-refractivity contribution < 1.29 is 19.4 Å². The third kappa shape index (κ3) is 2.04. The number of ether oxygens (including phenoxy) is 1. The minimum Gasteiger partial charge on any atom is -0.478 e. The van der Waals surface area contributed by atoms with E-state index in [0.29, 0.717) is 11.1 Å². The van der Waals surface area contributed by atoms with Crippen molar-refractivity contribution in [1.29, 1.82) is 0 Å². The molecule has 0 spiro atoms. The maximum Gasteiger partial charge on any atom is 0.338 e. The summed E-state index contributed by atoms with van der Waals surface area (Å²) in [6, 6.07) is 2.79. The zero-order chi connectivity index (χ0) is 12.3. The highest BCUT2D eigenvalue weighted by Gasteiger charge is 2.17. The molecule has 1 N–H and O–H groups in total. The molecule has 1 rings (SSSR count). The van der Waals surface area contributed by atoms with Crippen LogP contribution in [0.1, 0.15) is 31.8 Å². The average molecular weight is 218 g/mol. The van der Waals surface area contributed by atoms with Crippen LogP contribution in [0.2, 0.25) is 0 Å². The van der Waals surface area contributed by atoms with Gasteiger partial charge in [0.15, 0.2) is 0 Å². The quantitative estimate of drug-likeness (QED) is 0.603. The van der Waals surface area contributed by atoms with Crippen molar-refractivity contribution in [3.8, 4) is 12.3 Å². The van der Waals surface area contributed by atoms with E-state index in [1.807, 2.05) is 0 Å². The van der Waals surface area contributed by atoms with Crippen LogP contribution in [0, 0.1) is 19.3 Å². The van der Waals surface area contributed by atoms with Gasteiger partial charge in [-0.2, -0.15) is 0 Å². The summed E-state index contributed by atoms with van der Waals surface area (Å²) < 4.78 is 4.55. The minimum absolute atomic E-state index is 0.0100. The Morgan fingerprint density at radius 1 is 1.38 bits per heavy atom.